The lowest BCUT2D eigenvalue weighted by atomic mass is 10.1. The predicted octanol–water partition coefficient (Wildman–Crippen LogP) is 4.09. The van der Waals surface area contributed by atoms with Crippen LogP contribution >= 0.6 is 11.8 Å². The maximum absolute atomic E-state index is 13.8. The summed E-state index contributed by atoms with van der Waals surface area (Å²) in [6.07, 6.45) is 0. The second-order valence-electron chi connectivity index (χ2n) is 3.95. The van der Waals surface area contributed by atoms with Crippen LogP contribution in [0.4, 0.5) is 13.2 Å². The number of rotatable bonds is 4. The molecule has 0 aliphatic carbocycles. The molecule has 0 saturated carbocycles. The summed E-state index contributed by atoms with van der Waals surface area (Å²) in [5.74, 6) is -3.41. The number of thioether (sulfide) groups is 1. The molecule has 2 aromatic rings. The molecule has 0 fully saturated rings. The monoisotopic (exact) mass is 298 g/mol. The second-order valence-corrected chi connectivity index (χ2v) is 4.96. The van der Waals surface area contributed by atoms with Gasteiger partial charge in [0.15, 0.2) is 0 Å². The molecule has 20 heavy (non-hydrogen) atoms. The number of aromatic carboxylic acids is 1. The number of hydrogen-bond donors (Lipinski definition) is 1. The number of carbonyl (C=O) groups is 1. The molecule has 0 radical (unpaired) electrons. The van der Waals surface area contributed by atoms with E-state index >= 15 is 0 Å². The third kappa shape index (κ3) is 3.14. The zero-order chi connectivity index (χ0) is 14.7. The van der Waals surface area contributed by atoms with Crippen LogP contribution in [-0.2, 0) is 5.75 Å². The fourth-order valence-corrected chi connectivity index (χ4v) is 2.54. The fraction of sp³-hybridized carbons (Fsp3) is 0.0714. The molecule has 2 aromatic carbocycles. The molecule has 0 bridgehead atoms. The maximum Gasteiger partial charge on any atom is 0.338 e. The van der Waals surface area contributed by atoms with Gasteiger partial charge in [0.05, 0.1) is 5.56 Å². The lowest BCUT2D eigenvalue weighted by Crippen LogP contribution is -2.03. The molecule has 0 spiro atoms. The van der Waals surface area contributed by atoms with Gasteiger partial charge in [-0.05, 0) is 29.8 Å². The predicted molar refractivity (Wildman–Crippen MR) is 69.3 cm³/mol. The van der Waals surface area contributed by atoms with E-state index in [1.54, 1.807) is 0 Å². The summed E-state index contributed by atoms with van der Waals surface area (Å²) in [5, 5.41) is 8.80. The standard InChI is InChI=1S/C14H9F3O2S/c15-9-4-5-11(16)12(6-9)20-7-8-2-1-3-10(13(8)17)14(18)19/h1-6H,7H2,(H,18,19). The van der Waals surface area contributed by atoms with Gasteiger partial charge in [0.25, 0.3) is 0 Å². The van der Waals surface area contributed by atoms with Crippen molar-refractivity contribution in [2.45, 2.75) is 10.6 Å². The highest BCUT2D eigenvalue weighted by molar-refractivity contribution is 7.98. The quantitative estimate of drug-likeness (QED) is 0.864. The molecular formula is C14H9F3O2S. The van der Waals surface area contributed by atoms with E-state index in [1.165, 1.54) is 12.1 Å². The minimum atomic E-state index is -1.37. The van der Waals surface area contributed by atoms with Crippen molar-refractivity contribution in [2.75, 3.05) is 0 Å². The van der Waals surface area contributed by atoms with Crippen molar-refractivity contribution in [1.82, 2.24) is 0 Å². The van der Waals surface area contributed by atoms with Crippen LogP contribution in [0, 0.1) is 17.5 Å². The van der Waals surface area contributed by atoms with Crippen LogP contribution in [0.5, 0.6) is 0 Å². The molecule has 2 nitrogen and oxygen atoms in total. The molecule has 104 valence electrons. The van der Waals surface area contributed by atoms with E-state index in [-0.39, 0.29) is 16.2 Å². The summed E-state index contributed by atoms with van der Waals surface area (Å²) in [5.41, 5.74) is -0.318. The first-order valence-corrected chi connectivity index (χ1v) is 6.56. The van der Waals surface area contributed by atoms with Crippen LogP contribution in [0.25, 0.3) is 0 Å². The van der Waals surface area contributed by atoms with E-state index in [2.05, 4.69) is 0 Å². The van der Waals surface area contributed by atoms with Gasteiger partial charge in [-0.25, -0.2) is 18.0 Å². The lowest BCUT2D eigenvalue weighted by molar-refractivity contribution is 0.0691. The number of hydrogen-bond acceptors (Lipinski definition) is 2. The normalized spacial score (nSPS) is 10.6. The third-order valence-electron chi connectivity index (χ3n) is 2.59. The Kier molecular flexibility index (Phi) is 4.34. The van der Waals surface area contributed by atoms with Gasteiger partial charge >= 0.3 is 5.97 Å². The van der Waals surface area contributed by atoms with Gasteiger partial charge in [-0.3, -0.25) is 0 Å². The van der Waals surface area contributed by atoms with Crippen molar-refractivity contribution in [3.63, 3.8) is 0 Å². The first kappa shape index (κ1) is 14.5. The van der Waals surface area contributed by atoms with Crippen molar-refractivity contribution < 1.29 is 23.1 Å². The van der Waals surface area contributed by atoms with E-state index in [4.69, 9.17) is 5.11 Å². The van der Waals surface area contributed by atoms with Crippen molar-refractivity contribution in [3.8, 4) is 0 Å². The van der Waals surface area contributed by atoms with Crippen molar-refractivity contribution in [3.05, 3.63) is 65.0 Å². The van der Waals surface area contributed by atoms with Gasteiger partial charge in [-0.1, -0.05) is 12.1 Å². The molecule has 2 rings (SSSR count). The minimum Gasteiger partial charge on any atom is -0.478 e. The Morgan fingerprint density at radius 3 is 2.60 bits per heavy atom. The van der Waals surface area contributed by atoms with E-state index < -0.39 is 29.0 Å². The zero-order valence-corrected chi connectivity index (χ0v) is 10.9. The SMILES string of the molecule is O=C(O)c1cccc(CSc2cc(F)ccc2F)c1F. The van der Waals surface area contributed by atoms with Gasteiger partial charge in [0.1, 0.15) is 17.5 Å². The number of carboxylic acid groups (broad SMARTS) is 1. The smallest absolute Gasteiger partial charge is 0.338 e. The molecule has 0 aliphatic rings. The van der Waals surface area contributed by atoms with Crippen LogP contribution in [-0.4, -0.2) is 11.1 Å². The van der Waals surface area contributed by atoms with Gasteiger partial charge in [-0.2, -0.15) is 0 Å². The molecule has 0 saturated heterocycles. The van der Waals surface area contributed by atoms with Gasteiger partial charge in [0, 0.05) is 10.6 Å². The summed E-state index contributed by atoms with van der Waals surface area (Å²) in [4.78, 5) is 10.8. The first-order valence-electron chi connectivity index (χ1n) is 5.57. The number of carboxylic acids is 1. The van der Waals surface area contributed by atoms with E-state index in [9.17, 15) is 18.0 Å². The van der Waals surface area contributed by atoms with Crippen molar-refractivity contribution in [1.29, 1.82) is 0 Å². The lowest BCUT2D eigenvalue weighted by Gasteiger charge is -2.06. The Morgan fingerprint density at radius 2 is 1.90 bits per heavy atom. The Labute approximate surface area is 117 Å². The van der Waals surface area contributed by atoms with E-state index in [0.717, 1.165) is 36.0 Å². The Morgan fingerprint density at radius 1 is 1.15 bits per heavy atom. The Hall–Kier alpha value is -1.95. The summed E-state index contributed by atoms with van der Waals surface area (Å²) >= 11 is 0.901. The number of halogens is 3. The highest BCUT2D eigenvalue weighted by Gasteiger charge is 2.14. The zero-order valence-electron chi connectivity index (χ0n) is 10.1. The average molecular weight is 298 g/mol. The Balaban J connectivity index is 2.21. The highest BCUT2D eigenvalue weighted by Crippen LogP contribution is 2.27. The van der Waals surface area contributed by atoms with Crippen LogP contribution in [0.2, 0.25) is 0 Å². The van der Waals surface area contributed by atoms with E-state index in [0.29, 0.717) is 0 Å². The topological polar surface area (TPSA) is 37.3 Å². The molecule has 0 aromatic heterocycles. The van der Waals surface area contributed by atoms with Crippen LogP contribution < -0.4 is 0 Å². The minimum absolute atomic E-state index is 0.00727. The summed E-state index contributed by atoms with van der Waals surface area (Å²) in [7, 11) is 0. The molecule has 1 N–H and O–H groups in total. The van der Waals surface area contributed by atoms with Crippen molar-refractivity contribution >= 4 is 17.7 Å². The number of benzene rings is 2. The molecular weight excluding hydrogens is 289 g/mol. The molecule has 0 unspecified atom stereocenters. The molecule has 0 amide bonds. The molecule has 0 atom stereocenters. The summed E-state index contributed by atoms with van der Waals surface area (Å²) < 4.78 is 40.2. The third-order valence-corrected chi connectivity index (χ3v) is 3.66. The van der Waals surface area contributed by atoms with Gasteiger partial charge < -0.3 is 5.11 Å². The Bertz CT molecular complexity index is 659. The maximum atomic E-state index is 13.8. The second kappa shape index (κ2) is 6.00. The molecule has 6 heteroatoms. The fourth-order valence-electron chi connectivity index (χ4n) is 1.60. The van der Waals surface area contributed by atoms with Crippen molar-refractivity contribution in [2.24, 2.45) is 0 Å². The first-order chi connectivity index (χ1) is 9.49. The highest BCUT2D eigenvalue weighted by atomic mass is 32.2. The van der Waals surface area contributed by atoms with Crippen LogP contribution in [0.3, 0.4) is 0 Å². The molecule has 0 aliphatic heterocycles. The average Bonchev–Trinajstić information content (AvgIpc) is 2.41. The summed E-state index contributed by atoms with van der Waals surface area (Å²) in [6.45, 7) is 0. The largest absolute Gasteiger partial charge is 0.478 e. The van der Waals surface area contributed by atoms with Gasteiger partial charge in [-0.15, -0.1) is 11.8 Å². The van der Waals surface area contributed by atoms with Gasteiger partial charge in [0.2, 0.25) is 0 Å². The molecule has 0 heterocycles. The summed E-state index contributed by atoms with van der Waals surface area (Å²) in [6, 6.07) is 6.95. The van der Waals surface area contributed by atoms with E-state index in [1.807, 2.05) is 0 Å². The van der Waals surface area contributed by atoms with Crippen LogP contribution in [0.15, 0.2) is 41.3 Å². The van der Waals surface area contributed by atoms with Crippen LogP contribution in [0.1, 0.15) is 15.9 Å².